The number of hydrogen-bond acceptors (Lipinski definition) is 4. The van der Waals surface area contributed by atoms with Gasteiger partial charge < -0.3 is 10.0 Å². The fraction of sp³-hybridized carbons (Fsp3) is 0.545. The Morgan fingerprint density at radius 3 is 3.00 bits per heavy atom. The van der Waals surface area contributed by atoms with E-state index in [-0.39, 0.29) is 5.91 Å². The molecule has 1 aromatic rings. The molecule has 0 aromatic carbocycles. The minimum absolute atomic E-state index is 0.202. The molecule has 92 valence electrons. The van der Waals surface area contributed by atoms with Gasteiger partial charge >= 0.3 is 5.97 Å². The van der Waals surface area contributed by atoms with Gasteiger partial charge in [0.1, 0.15) is 10.9 Å². The lowest BCUT2D eigenvalue weighted by atomic mass is 10.2. The third kappa shape index (κ3) is 2.31. The van der Waals surface area contributed by atoms with Gasteiger partial charge in [-0.1, -0.05) is 6.92 Å². The van der Waals surface area contributed by atoms with Crippen LogP contribution in [0.15, 0.2) is 6.20 Å². The second-order valence-electron chi connectivity index (χ2n) is 3.97. The Bertz CT molecular complexity index is 444. The van der Waals surface area contributed by atoms with Crippen LogP contribution in [0.3, 0.4) is 0 Å². The molecule has 0 bridgehead atoms. The quantitative estimate of drug-likeness (QED) is 0.885. The molecule has 17 heavy (non-hydrogen) atoms. The molecule has 1 N–H and O–H groups in total. The Labute approximate surface area is 103 Å². The van der Waals surface area contributed by atoms with Crippen LogP contribution in [0.1, 0.15) is 34.4 Å². The highest BCUT2D eigenvalue weighted by molar-refractivity contribution is 7.13. The number of carbonyl (C=O) groups excluding carboxylic acids is 1. The fourth-order valence-corrected chi connectivity index (χ4v) is 2.79. The van der Waals surface area contributed by atoms with Gasteiger partial charge in [0.2, 0.25) is 0 Å². The summed E-state index contributed by atoms with van der Waals surface area (Å²) in [4.78, 5) is 29.2. The Hall–Kier alpha value is -1.43. The summed E-state index contributed by atoms with van der Waals surface area (Å²) in [5.41, 5.74) is 0. The van der Waals surface area contributed by atoms with Crippen molar-refractivity contribution in [1.29, 1.82) is 0 Å². The topological polar surface area (TPSA) is 70.5 Å². The number of aliphatic carboxylic acids is 1. The predicted octanol–water partition coefficient (Wildman–Crippen LogP) is 1.39. The SMILES string of the molecule is CCc1ncc(C(=O)N2CCCC2C(=O)O)s1. The number of carboxylic acids is 1. The van der Waals surface area contributed by atoms with Crippen LogP contribution >= 0.6 is 11.3 Å². The zero-order valence-electron chi connectivity index (χ0n) is 9.55. The molecule has 1 aromatic heterocycles. The molecule has 2 rings (SSSR count). The Morgan fingerprint density at radius 1 is 1.65 bits per heavy atom. The maximum absolute atomic E-state index is 12.1. The molecule has 1 amide bonds. The van der Waals surface area contributed by atoms with E-state index in [0.29, 0.717) is 17.8 Å². The number of rotatable bonds is 3. The predicted molar refractivity (Wildman–Crippen MR) is 63.2 cm³/mol. The smallest absolute Gasteiger partial charge is 0.326 e. The number of thiazole rings is 1. The minimum atomic E-state index is -0.920. The third-order valence-corrected chi connectivity index (χ3v) is 4.00. The Kier molecular flexibility index (Phi) is 3.42. The summed E-state index contributed by atoms with van der Waals surface area (Å²) in [6.45, 7) is 2.50. The van der Waals surface area contributed by atoms with E-state index in [1.165, 1.54) is 16.2 Å². The Morgan fingerprint density at radius 2 is 2.41 bits per heavy atom. The van der Waals surface area contributed by atoms with Gasteiger partial charge in [0.05, 0.1) is 11.2 Å². The van der Waals surface area contributed by atoms with Crippen molar-refractivity contribution in [1.82, 2.24) is 9.88 Å². The van der Waals surface area contributed by atoms with Crippen molar-refractivity contribution in [2.45, 2.75) is 32.2 Å². The average Bonchev–Trinajstić information content (AvgIpc) is 2.97. The lowest BCUT2D eigenvalue weighted by Gasteiger charge is -2.20. The van der Waals surface area contributed by atoms with Crippen molar-refractivity contribution >= 4 is 23.2 Å². The average molecular weight is 254 g/mol. The van der Waals surface area contributed by atoms with Gasteiger partial charge in [-0.2, -0.15) is 0 Å². The molecule has 1 fully saturated rings. The maximum Gasteiger partial charge on any atom is 0.326 e. The number of likely N-dealkylation sites (tertiary alicyclic amines) is 1. The first-order valence-electron chi connectivity index (χ1n) is 5.62. The first-order chi connectivity index (χ1) is 8.13. The van der Waals surface area contributed by atoms with E-state index in [2.05, 4.69) is 4.98 Å². The van der Waals surface area contributed by atoms with Crippen LogP contribution in [0.4, 0.5) is 0 Å². The Balaban J connectivity index is 2.16. The molecule has 5 nitrogen and oxygen atoms in total. The van der Waals surface area contributed by atoms with Crippen molar-refractivity contribution in [3.63, 3.8) is 0 Å². The number of aryl methyl sites for hydroxylation is 1. The van der Waals surface area contributed by atoms with E-state index in [4.69, 9.17) is 5.11 Å². The molecule has 0 aliphatic carbocycles. The second kappa shape index (κ2) is 4.83. The van der Waals surface area contributed by atoms with Crippen molar-refractivity contribution in [3.05, 3.63) is 16.1 Å². The van der Waals surface area contributed by atoms with E-state index in [1.54, 1.807) is 6.20 Å². The zero-order chi connectivity index (χ0) is 12.4. The van der Waals surface area contributed by atoms with E-state index in [0.717, 1.165) is 17.8 Å². The van der Waals surface area contributed by atoms with E-state index in [1.807, 2.05) is 6.92 Å². The summed E-state index contributed by atoms with van der Waals surface area (Å²) in [6, 6.07) is -0.672. The van der Waals surface area contributed by atoms with Gasteiger partial charge in [0, 0.05) is 6.54 Å². The zero-order valence-corrected chi connectivity index (χ0v) is 10.4. The number of nitrogens with zero attached hydrogens (tertiary/aromatic N) is 2. The molecule has 1 atom stereocenters. The standard InChI is InChI=1S/C11H14N2O3S/c1-2-9-12-6-8(17-9)10(14)13-5-3-4-7(13)11(15)16/h6-7H,2-5H2,1H3,(H,15,16). The van der Waals surface area contributed by atoms with Gasteiger partial charge in [-0.25, -0.2) is 9.78 Å². The summed E-state index contributed by atoms with van der Waals surface area (Å²) >= 11 is 1.35. The molecule has 2 heterocycles. The molecule has 0 saturated carbocycles. The molecule has 1 unspecified atom stereocenters. The molecule has 1 aliphatic heterocycles. The van der Waals surface area contributed by atoms with Gasteiger partial charge in [-0.15, -0.1) is 11.3 Å². The van der Waals surface area contributed by atoms with E-state index < -0.39 is 12.0 Å². The van der Waals surface area contributed by atoms with Crippen LogP contribution in [-0.2, 0) is 11.2 Å². The van der Waals surface area contributed by atoms with Crippen LogP contribution in [0.5, 0.6) is 0 Å². The van der Waals surface area contributed by atoms with Crippen LogP contribution in [0.2, 0.25) is 0 Å². The first kappa shape index (κ1) is 12.0. The lowest BCUT2D eigenvalue weighted by Crippen LogP contribution is -2.40. The third-order valence-electron chi connectivity index (χ3n) is 2.87. The summed E-state index contributed by atoms with van der Waals surface area (Å²) in [5, 5.41) is 9.93. The van der Waals surface area contributed by atoms with Crippen LogP contribution in [0, 0.1) is 0 Å². The second-order valence-corrected chi connectivity index (χ2v) is 5.08. The highest BCUT2D eigenvalue weighted by Gasteiger charge is 2.34. The fourth-order valence-electron chi connectivity index (χ4n) is 1.98. The summed E-state index contributed by atoms with van der Waals surface area (Å²) in [5.74, 6) is -1.12. The highest BCUT2D eigenvalue weighted by atomic mass is 32.1. The maximum atomic E-state index is 12.1. The van der Waals surface area contributed by atoms with Crippen LogP contribution in [0.25, 0.3) is 0 Å². The first-order valence-corrected chi connectivity index (χ1v) is 6.43. The van der Waals surface area contributed by atoms with Gasteiger partial charge in [-0.3, -0.25) is 4.79 Å². The molecular weight excluding hydrogens is 240 g/mol. The van der Waals surface area contributed by atoms with Crippen LogP contribution in [-0.4, -0.2) is 39.5 Å². The number of amides is 1. The molecule has 1 saturated heterocycles. The van der Waals surface area contributed by atoms with Gasteiger partial charge in [-0.05, 0) is 19.3 Å². The highest BCUT2D eigenvalue weighted by Crippen LogP contribution is 2.23. The number of aromatic nitrogens is 1. The number of carboxylic acid groups (broad SMARTS) is 1. The summed E-state index contributed by atoms with van der Waals surface area (Å²) < 4.78 is 0. The van der Waals surface area contributed by atoms with Crippen molar-refractivity contribution in [2.75, 3.05) is 6.54 Å². The van der Waals surface area contributed by atoms with E-state index in [9.17, 15) is 9.59 Å². The monoisotopic (exact) mass is 254 g/mol. The molecular formula is C11H14N2O3S. The van der Waals surface area contributed by atoms with Crippen molar-refractivity contribution in [2.24, 2.45) is 0 Å². The van der Waals surface area contributed by atoms with E-state index >= 15 is 0 Å². The molecule has 0 radical (unpaired) electrons. The number of carbonyl (C=O) groups is 2. The van der Waals surface area contributed by atoms with Crippen molar-refractivity contribution < 1.29 is 14.7 Å². The van der Waals surface area contributed by atoms with Crippen LogP contribution < -0.4 is 0 Å². The largest absolute Gasteiger partial charge is 0.480 e. The summed E-state index contributed by atoms with van der Waals surface area (Å²) in [6.07, 6.45) is 3.63. The molecule has 0 spiro atoms. The van der Waals surface area contributed by atoms with Crippen molar-refractivity contribution in [3.8, 4) is 0 Å². The summed E-state index contributed by atoms with van der Waals surface area (Å²) in [7, 11) is 0. The van der Waals surface area contributed by atoms with Gasteiger partial charge in [0.15, 0.2) is 0 Å². The molecule has 6 heteroatoms. The minimum Gasteiger partial charge on any atom is -0.480 e. The molecule has 1 aliphatic rings. The normalized spacial score (nSPS) is 19.6. The number of hydrogen-bond donors (Lipinski definition) is 1. The lowest BCUT2D eigenvalue weighted by molar-refractivity contribution is -0.141. The van der Waals surface area contributed by atoms with Gasteiger partial charge in [0.25, 0.3) is 5.91 Å².